The molecular formula is C17H10Cl5FO2. The molecule has 2 unspecified atom stereocenters. The molecule has 3 rings (SSSR count). The van der Waals surface area contributed by atoms with Crippen LogP contribution in [0, 0.1) is 5.82 Å². The molecule has 0 bridgehead atoms. The quantitative estimate of drug-likeness (QED) is 0.224. The minimum absolute atomic E-state index is 0.00293. The summed E-state index contributed by atoms with van der Waals surface area (Å²) in [6.07, 6.45) is 0.430. The molecule has 1 aliphatic rings. The lowest BCUT2D eigenvalue weighted by Gasteiger charge is -2.34. The smallest absolute Gasteiger partial charge is 0.341 e. The van der Waals surface area contributed by atoms with E-state index in [0.29, 0.717) is 12.0 Å². The highest BCUT2D eigenvalue weighted by molar-refractivity contribution is 6.53. The van der Waals surface area contributed by atoms with Gasteiger partial charge in [0.1, 0.15) is 5.82 Å². The van der Waals surface area contributed by atoms with Crippen LogP contribution in [-0.2, 0) is 10.3 Å². The van der Waals surface area contributed by atoms with Gasteiger partial charge >= 0.3 is 5.97 Å². The Morgan fingerprint density at radius 3 is 2.16 bits per heavy atom. The number of hydrogen-bond acceptors (Lipinski definition) is 2. The first kappa shape index (κ1) is 19.1. The number of rotatable bonds is 3. The van der Waals surface area contributed by atoms with Crippen molar-refractivity contribution < 1.29 is 13.9 Å². The van der Waals surface area contributed by atoms with Crippen molar-refractivity contribution in [2.45, 2.75) is 24.3 Å². The van der Waals surface area contributed by atoms with Crippen LogP contribution in [0.4, 0.5) is 4.39 Å². The minimum atomic E-state index is -1.45. The predicted octanol–water partition coefficient (Wildman–Crippen LogP) is 6.87. The van der Waals surface area contributed by atoms with E-state index in [-0.39, 0.29) is 31.2 Å². The van der Waals surface area contributed by atoms with Crippen molar-refractivity contribution in [1.82, 2.24) is 0 Å². The maximum Gasteiger partial charge on any atom is 0.341 e. The predicted molar refractivity (Wildman–Crippen MR) is 99.0 cm³/mol. The molecule has 0 N–H and O–H groups in total. The van der Waals surface area contributed by atoms with E-state index in [4.69, 9.17) is 62.7 Å². The number of carbonyl (C=O) groups is 1. The van der Waals surface area contributed by atoms with Crippen molar-refractivity contribution >= 4 is 64.0 Å². The molecule has 2 atom stereocenters. The number of carbonyl (C=O) groups excluding carboxylic acids is 1. The van der Waals surface area contributed by atoms with Crippen LogP contribution in [0.1, 0.15) is 34.8 Å². The lowest BCUT2D eigenvalue weighted by atomic mass is 9.81. The summed E-state index contributed by atoms with van der Waals surface area (Å²) in [5, 5.41) is -0.771. The van der Waals surface area contributed by atoms with Gasteiger partial charge in [0.2, 0.25) is 0 Å². The molecule has 25 heavy (non-hydrogen) atoms. The van der Waals surface area contributed by atoms with Crippen LogP contribution in [-0.4, -0.2) is 11.3 Å². The molecule has 0 aliphatic carbocycles. The third kappa shape index (κ3) is 2.72. The summed E-state index contributed by atoms with van der Waals surface area (Å²) in [5.74, 6) is -1.16. The van der Waals surface area contributed by atoms with Crippen molar-refractivity contribution in [3.63, 3.8) is 0 Å². The molecule has 132 valence electrons. The van der Waals surface area contributed by atoms with E-state index in [1.54, 1.807) is 0 Å². The third-order valence-corrected chi connectivity index (χ3v) is 6.59. The number of benzene rings is 2. The number of hydrogen-bond donors (Lipinski definition) is 0. The zero-order chi connectivity index (χ0) is 18.5. The van der Waals surface area contributed by atoms with Gasteiger partial charge in [-0.1, -0.05) is 65.5 Å². The Morgan fingerprint density at radius 1 is 1.04 bits per heavy atom. The summed E-state index contributed by atoms with van der Waals surface area (Å²) in [6, 6.07) is 5.45. The highest BCUT2D eigenvalue weighted by Crippen LogP contribution is 2.55. The highest BCUT2D eigenvalue weighted by atomic mass is 35.5. The molecule has 1 heterocycles. The molecule has 8 heteroatoms. The zero-order valence-corrected chi connectivity index (χ0v) is 16.5. The first-order chi connectivity index (χ1) is 11.8. The summed E-state index contributed by atoms with van der Waals surface area (Å²) in [6.45, 7) is 1.82. The fourth-order valence-electron chi connectivity index (χ4n) is 3.01. The standard InChI is InChI=1S/C17H10Cl5FO2/c1-2-9(18)17(7-3-5-8(23)6-4-7)11-10(16(24)25-17)12(19)14(21)15(22)13(11)20/h3-6,9H,2H2,1H3. The molecule has 0 radical (unpaired) electrons. The molecule has 0 saturated heterocycles. The Labute approximate surface area is 168 Å². The van der Waals surface area contributed by atoms with E-state index in [0.717, 1.165) is 0 Å². The fourth-order valence-corrected chi connectivity index (χ4v) is 4.36. The summed E-state index contributed by atoms with van der Waals surface area (Å²) in [4.78, 5) is 12.6. The molecule has 2 aromatic carbocycles. The minimum Gasteiger partial charge on any atom is -0.444 e. The van der Waals surface area contributed by atoms with Gasteiger partial charge in [0, 0.05) is 11.1 Å². The van der Waals surface area contributed by atoms with Gasteiger partial charge in [-0.05, 0) is 18.6 Å². The monoisotopic (exact) mass is 440 g/mol. The fraction of sp³-hybridized carbons (Fsp3) is 0.235. The number of esters is 1. The SMILES string of the molecule is CCC(Cl)C1(c2ccc(F)cc2)OC(=O)c2c(Cl)c(Cl)c(Cl)c(Cl)c21. The highest BCUT2D eigenvalue weighted by Gasteiger charge is 2.54. The van der Waals surface area contributed by atoms with Crippen LogP contribution in [0.2, 0.25) is 20.1 Å². The Balaban J connectivity index is 2.42. The Kier molecular flexibility index (Phi) is 5.18. The first-order valence-electron chi connectivity index (χ1n) is 7.25. The number of halogens is 6. The van der Waals surface area contributed by atoms with Crippen molar-refractivity contribution in [1.29, 1.82) is 0 Å². The maximum atomic E-state index is 13.4. The van der Waals surface area contributed by atoms with E-state index in [9.17, 15) is 9.18 Å². The molecule has 2 aromatic rings. The molecule has 2 nitrogen and oxygen atoms in total. The summed E-state index contributed by atoms with van der Waals surface area (Å²) < 4.78 is 19.1. The van der Waals surface area contributed by atoms with Crippen molar-refractivity contribution in [3.8, 4) is 0 Å². The molecule has 0 spiro atoms. The van der Waals surface area contributed by atoms with Gasteiger partial charge in [-0.25, -0.2) is 9.18 Å². The van der Waals surface area contributed by atoms with Crippen LogP contribution in [0.3, 0.4) is 0 Å². The molecule has 0 saturated carbocycles. The Bertz CT molecular complexity index is 869. The largest absolute Gasteiger partial charge is 0.444 e. The molecule has 0 aromatic heterocycles. The summed E-state index contributed by atoms with van der Waals surface area (Å²) >= 11 is 31.4. The second-order valence-corrected chi connectivity index (χ2v) is 7.55. The van der Waals surface area contributed by atoms with Gasteiger partial charge in [-0.15, -0.1) is 11.6 Å². The van der Waals surface area contributed by atoms with Crippen LogP contribution in [0.5, 0.6) is 0 Å². The second-order valence-electron chi connectivity index (χ2n) is 5.51. The lowest BCUT2D eigenvalue weighted by molar-refractivity contribution is 0.00863. The van der Waals surface area contributed by atoms with Crippen molar-refractivity contribution in [2.75, 3.05) is 0 Å². The van der Waals surface area contributed by atoms with Crippen LogP contribution < -0.4 is 0 Å². The second kappa shape index (κ2) is 6.79. The van der Waals surface area contributed by atoms with E-state index >= 15 is 0 Å². The van der Waals surface area contributed by atoms with E-state index in [1.807, 2.05) is 6.92 Å². The van der Waals surface area contributed by atoms with Crippen LogP contribution in [0.25, 0.3) is 0 Å². The number of alkyl halides is 1. The zero-order valence-electron chi connectivity index (χ0n) is 12.7. The average molecular weight is 443 g/mol. The van der Waals surface area contributed by atoms with Crippen LogP contribution in [0.15, 0.2) is 24.3 Å². The Hall–Kier alpha value is -0.710. The average Bonchev–Trinajstić information content (AvgIpc) is 2.92. The normalized spacial score (nSPS) is 20.4. The maximum absolute atomic E-state index is 13.4. The number of cyclic esters (lactones) is 1. The van der Waals surface area contributed by atoms with Gasteiger partial charge in [-0.3, -0.25) is 0 Å². The van der Waals surface area contributed by atoms with Crippen molar-refractivity contribution in [2.24, 2.45) is 0 Å². The third-order valence-electron chi connectivity index (χ3n) is 4.17. The molecule has 0 fully saturated rings. The summed E-state index contributed by atoms with van der Waals surface area (Å²) in [7, 11) is 0. The van der Waals surface area contributed by atoms with Gasteiger partial charge in [-0.2, -0.15) is 0 Å². The van der Waals surface area contributed by atoms with Gasteiger partial charge < -0.3 is 4.74 Å². The van der Waals surface area contributed by atoms with E-state index in [2.05, 4.69) is 0 Å². The van der Waals surface area contributed by atoms with Gasteiger partial charge in [0.15, 0.2) is 5.60 Å². The number of ether oxygens (including phenoxy) is 1. The number of fused-ring (bicyclic) bond motifs is 1. The lowest BCUT2D eigenvalue weighted by Crippen LogP contribution is -2.38. The van der Waals surface area contributed by atoms with E-state index < -0.39 is 22.8 Å². The topological polar surface area (TPSA) is 26.3 Å². The molecule has 1 aliphatic heterocycles. The van der Waals surface area contributed by atoms with E-state index in [1.165, 1.54) is 24.3 Å². The van der Waals surface area contributed by atoms with Gasteiger partial charge in [0.05, 0.1) is 31.0 Å². The van der Waals surface area contributed by atoms with Crippen LogP contribution >= 0.6 is 58.0 Å². The Morgan fingerprint density at radius 2 is 1.60 bits per heavy atom. The molecule has 0 amide bonds. The van der Waals surface area contributed by atoms with Crippen molar-refractivity contribution in [3.05, 3.63) is 66.9 Å². The first-order valence-corrected chi connectivity index (χ1v) is 9.20. The summed E-state index contributed by atoms with van der Waals surface area (Å²) in [5.41, 5.74) is -0.735. The molecular weight excluding hydrogens is 432 g/mol. The van der Waals surface area contributed by atoms with Gasteiger partial charge in [0.25, 0.3) is 0 Å².